The Morgan fingerprint density at radius 3 is 2.40 bits per heavy atom. The SMILES string of the molecule is COc1ccc(NC(=O)/C(C#N)=C/c2c(Oc3ccccc3OC)nc3ccccn3c2=O)cc1. The fraction of sp³-hybridized carbons (Fsp3) is 0.0769. The summed E-state index contributed by atoms with van der Waals surface area (Å²) >= 11 is 0. The quantitative estimate of drug-likeness (QED) is 0.321. The number of nitrogens with zero attached hydrogens (tertiary/aromatic N) is 3. The van der Waals surface area contributed by atoms with E-state index in [0.29, 0.717) is 28.6 Å². The summed E-state index contributed by atoms with van der Waals surface area (Å²) in [6.07, 6.45) is 2.71. The van der Waals surface area contributed by atoms with E-state index in [4.69, 9.17) is 14.2 Å². The maximum Gasteiger partial charge on any atom is 0.269 e. The highest BCUT2D eigenvalue weighted by Crippen LogP contribution is 2.31. The van der Waals surface area contributed by atoms with Crippen molar-refractivity contribution in [3.63, 3.8) is 0 Å². The van der Waals surface area contributed by atoms with E-state index in [9.17, 15) is 14.9 Å². The van der Waals surface area contributed by atoms with Gasteiger partial charge in [-0.2, -0.15) is 10.2 Å². The molecule has 9 heteroatoms. The number of pyridine rings is 1. The van der Waals surface area contributed by atoms with Crippen molar-refractivity contribution in [2.45, 2.75) is 0 Å². The number of nitriles is 1. The Bertz CT molecular complexity index is 1520. The molecule has 2 heterocycles. The minimum absolute atomic E-state index is 0.0685. The van der Waals surface area contributed by atoms with Crippen molar-refractivity contribution in [2.75, 3.05) is 19.5 Å². The molecule has 0 saturated carbocycles. The normalized spacial score (nSPS) is 10.9. The zero-order valence-electron chi connectivity index (χ0n) is 18.9. The number of carbonyl (C=O) groups excluding carboxylic acids is 1. The van der Waals surface area contributed by atoms with Gasteiger partial charge in [-0.3, -0.25) is 14.0 Å². The standard InChI is InChI=1S/C26H20N4O5/c1-33-19-12-10-18(11-13-19)28-24(31)17(16-27)15-20-25(35-22-8-4-3-7-21(22)34-2)29-23-9-5-6-14-30(23)26(20)32/h3-15H,1-2H3,(H,28,31)/b17-15+. The number of benzene rings is 2. The molecule has 0 atom stereocenters. The lowest BCUT2D eigenvalue weighted by Crippen LogP contribution is -2.20. The molecule has 35 heavy (non-hydrogen) atoms. The van der Waals surface area contributed by atoms with Crippen LogP contribution in [0.1, 0.15) is 5.56 Å². The van der Waals surface area contributed by atoms with Crippen molar-refractivity contribution in [1.29, 1.82) is 5.26 Å². The Balaban J connectivity index is 1.78. The molecule has 4 aromatic rings. The highest BCUT2D eigenvalue weighted by Gasteiger charge is 2.18. The minimum atomic E-state index is -0.696. The van der Waals surface area contributed by atoms with Crippen molar-refractivity contribution in [3.05, 3.63) is 94.4 Å². The predicted octanol–water partition coefficient (Wildman–Crippen LogP) is 4.05. The number of fused-ring (bicyclic) bond motifs is 1. The molecule has 1 amide bonds. The van der Waals surface area contributed by atoms with Gasteiger partial charge in [0, 0.05) is 11.9 Å². The molecule has 2 aromatic carbocycles. The van der Waals surface area contributed by atoms with Gasteiger partial charge >= 0.3 is 0 Å². The molecule has 9 nitrogen and oxygen atoms in total. The second-order valence-corrected chi connectivity index (χ2v) is 7.17. The first-order valence-corrected chi connectivity index (χ1v) is 10.4. The molecular formula is C26H20N4O5. The summed E-state index contributed by atoms with van der Waals surface area (Å²) in [5.74, 6) is 0.592. The van der Waals surface area contributed by atoms with E-state index in [1.807, 2.05) is 6.07 Å². The molecule has 0 unspecified atom stereocenters. The molecule has 0 aliphatic rings. The number of methoxy groups -OCH3 is 2. The molecule has 4 rings (SSSR count). The van der Waals surface area contributed by atoms with Crippen LogP contribution in [0.15, 0.2) is 83.3 Å². The first-order valence-electron chi connectivity index (χ1n) is 10.4. The van der Waals surface area contributed by atoms with Gasteiger partial charge < -0.3 is 19.5 Å². The number of carbonyl (C=O) groups is 1. The van der Waals surface area contributed by atoms with Crippen LogP contribution in [0.4, 0.5) is 5.69 Å². The van der Waals surface area contributed by atoms with Crippen LogP contribution >= 0.6 is 0 Å². The molecule has 0 radical (unpaired) electrons. The van der Waals surface area contributed by atoms with Crippen LogP contribution in [0, 0.1) is 11.3 Å². The number of para-hydroxylation sites is 2. The van der Waals surface area contributed by atoms with E-state index < -0.39 is 11.5 Å². The van der Waals surface area contributed by atoms with Crippen LogP contribution < -0.4 is 25.1 Å². The van der Waals surface area contributed by atoms with Crippen LogP contribution in [0.3, 0.4) is 0 Å². The first-order chi connectivity index (χ1) is 17.0. The average Bonchev–Trinajstić information content (AvgIpc) is 2.89. The van der Waals surface area contributed by atoms with Crippen LogP contribution in [0.25, 0.3) is 11.7 Å². The summed E-state index contributed by atoms with van der Waals surface area (Å²) in [7, 11) is 3.02. The van der Waals surface area contributed by atoms with Crippen LogP contribution in [0.5, 0.6) is 23.1 Å². The van der Waals surface area contributed by atoms with Crippen molar-refractivity contribution < 1.29 is 19.0 Å². The Kier molecular flexibility index (Phi) is 6.74. The van der Waals surface area contributed by atoms with Crippen molar-refractivity contribution in [1.82, 2.24) is 9.38 Å². The Morgan fingerprint density at radius 2 is 1.71 bits per heavy atom. The monoisotopic (exact) mass is 468 g/mol. The van der Waals surface area contributed by atoms with Crippen molar-refractivity contribution >= 4 is 23.3 Å². The number of anilines is 1. The number of aromatic nitrogens is 2. The molecular weight excluding hydrogens is 448 g/mol. The maximum atomic E-state index is 13.3. The summed E-state index contributed by atoms with van der Waals surface area (Å²) in [5, 5.41) is 12.3. The van der Waals surface area contributed by atoms with Gasteiger partial charge in [-0.1, -0.05) is 18.2 Å². The fourth-order valence-electron chi connectivity index (χ4n) is 3.26. The van der Waals surface area contributed by atoms with E-state index in [0.717, 1.165) is 0 Å². The van der Waals surface area contributed by atoms with Crippen LogP contribution in [-0.4, -0.2) is 29.5 Å². The summed E-state index contributed by atoms with van der Waals surface area (Å²) in [4.78, 5) is 30.6. The lowest BCUT2D eigenvalue weighted by Gasteiger charge is -2.12. The smallest absolute Gasteiger partial charge is 0.269 e. The van der Waals surface area contributed by atoms with Crippen molar-refractivity contribution in [3.8, 4) is 29.2 Å². The first kappa shape index (κ1) is 23.1. The minimum Gasteiger partial charge on any atom is -0.497 e. The number of amides is 1. The van der Waals surface area contributed by atoms with Gasteiger partial charge in [0.25, 0.3) is 11.5 Å². The van der Waals surface area contributed by atoms with Gasteiger partial charge in [-0.25, -0.2) is 0 Å². The molecule has 2 aromatic heterocycles. The van der Waals surface area contributed by atoms with Gasteiger partial charge in [0.1, 0.15) is 28.6 Å². The predicted molar refractivity (Wildman–Crippen MR) is 130 cm³/mol. The second-order valence-electron chi connectivity index (χ2n) is 7.17. The fourth-order valence-corrected chi connectivity index (χ4v) is 3.26. The zero-order chi connectivity index (χ0) is 24.8. The third-order valence-electron chi connectivity index (χ3n) is 5.01. The number of nitrogens with one attached hydrogen (secondary N) is 1. The second kappa shape index (κ2) is 10.2. The van der Waals surface area contributed by atoms with Gasteiger partial charge in [0.05, 0.1) is 14.2 Å². The van der Waals surface area contributed by atoms with Gasteiger partial charge in [-0.05, 0) is 54.6 Å². The summed E-state index contributed by atoms with van der Waals surface area (Å²) in [6.45, 7) is 0. The zero-order valence-corrected chi connectivity index (χ0v) is 18.9. The molecule has 0 spiro atoms. The number of hydrogen-bond donors (Lipinski definition) is 1. The van der Waals surface area contributed by atoms with E-state index in [-0.39, 0.29) is 17.0 Å². The lowest BCUT2D eigenvalue weighted by atomic mass is 10.1. The Hall–Kier alpha value is -5.10. The number of ether oxygens (including phenoxy) is 3. The molecule has 174 valence electrons. The van der Waals surface area contributed by atoms with E-state index in [1.165, 1.54) is 24.7 Å². The largest absolute Gasteiger partial charge is 0.497 e. The molecule has 0 saturated heterocycles. The molecule has 0 aliphatic carbocycles. The Labute approximate surface area is 200 Å². The molecule has 0 bridgehead atoms. The van der Waals surface area contributed by atoms with Gasteiger partial charge in [-0.15, -0.1) is 0 Å². The van der Waals surface area contributed by atoms with E-state index in [1.54, 1.807) is 72.9 Å². The highest BCUT2D eigenvalue weighted by molar-refractivity contribution is 6.09. The van der Waals surface area contributed by atoms with Crippen molar-refractivity contribution in [2.24, 2.45) is 0 Å². The third-order valence-corrected chi connectivity index (χ3v) is 5.01. The average molecular weight is 468 g/mol. The molecule has 1 N–H and O–H groups in total. The maximum absolute atomic E-state index is 13.3. The van der Waals surface area contributed by atoms with Crippen LogP contribution in [0.2, 0.25) is 0 Å². The summed E-state index contributed by atoms with van der Waals surface area (Å²) in [5.41, 5.74) is -0.0939. The summed E-state index contributed by atoms with van der Waals surface area (Å²) in [6, 6.07) is 20.4. The van der Waals surface area contributed by atoms with E-state index in [2.05, 4.69) is 10.3 Å². The summed E-state index contributed by atoms with van der Waals surface area (Å²) < 4.78 is 17.7. The lowest BCUT2D eigenvalue weighted by molar-refractivity contribution is -0.112. The van der Waals surface area contributed by atoms with E-state index >= 15 is 0 Å². The molecule has 0 fully saturated rings. The van der Waals surface area contributed by atoms with Gasteiger partial charge in [0.15, 0.2) is 11.5 Å². The number of hydrogen-bond acceptors (Lipinski definition) is 7. The van der Waals surface area contributed by atoms with Gasteiger partial charge in [0.2, 0.25) is 5.88 Å². The number of rotatable bonds is 7. The Morgan fingerprint density at radius 1 is 1.00 bits per heavy atom. The highest BCUT2D eigenvalue weighted by atomic mass is 16.5. The molecule has 0 aliphatic heterocycles. The van der Waals surface area contributed by atoms with Crippen LogP contribution in [-0.2, 0) is 4.79 Å². The third kappa shape index (κ3) is 4.96. The topological polar surface area (TPSA) is 115 Å².